The minimum atomic E-state index is -4.43. The van der Waals surface area contributed by atoms with E-state index in [1.54, 1.807) is 6.92 Å². The van der Waals surface area contributed by atoms with Gasteiger partial charge >= 0.3 is 6.18 Å². The van der Waals surface area contributed by atoms with Gasteiger partial charge in [-0.15, -0.1) is 0 Å². The van der Waals surface area contributed by atoms with Crippen molar-refractivity contribution in [3.63, 3.8) is 0 Å². The SMILES string of the molecule is CC(Nc1cccc(F)n1)c1ccccc1C(F)(F)F. The Bertz CT molecular complexity index is 596. The van der Waals surface area contributed by atoms with Gasteiger partial charge in [0.25, 0.3) is 0 Å². The fraction of sp³-hybridized carbons (Fsp3) is 0.214. The van der Waals surface area contributed by atoms with Gasteiger partial charge < -0.3 is 5.32 Å². The second-order valence-electron chi connectivity index (χ2n) is 4.30. The molecule has 106 valence electrons. The molecule has 1 heterocycles. The topological polar surface area (TPSA) is 24.9 Å². The number of hydrogen-bond donors (Lipinski definition) is 1. The zero-order valence-electron chi connectivity index (χ0n) is 10.6. The molecule has 2 rings (SSSR count). The number of aromatic nitrogens is 1. The highest BCUT2D eigenvalue weighted by Crippen LogP contribution is 2.35. The number of pyridine rings is 1. The molecule has 1 aromatic heterocycles. The molecule has 6 heteroatoms. The first kappa shape index (κ1) is 14.3. The summed E-state index contributed by atoms with van der Waals surface area (Å²) in [5.41, 5.74) is -0.623. The maximum Gasteiger partial charge on any atom is 0.416 e. The van der Waals surface area contributed by atoms with Gasteiger partial charge in [-0.3, -0.25) is 0 Å². The zero-order chi connectivity index (χ0) is 14.8. The predicted octanol–water partition coefficient (Wildman–Crippen LogP) is 4.41. The van der Waals surface area contributed by atoms with Crippen molar-refractivity contribution in [2.45, 2.75) is 19.1 Å². The largest absolute Gasteiger partial charge is 0.416 e. The number of nitrogens with one attached hydrogen (secondary N) is 1. The number of halogens is 4. The van der Waals surface area contributed by atoms with E-state index in [-0.39, 0.29) is 11.4 Å². The summed E-state index contributed by atoms with van der Waals surface area (Å²) in [7, 11) is 0. The van der Waals surface area contributed by atoms with E-state index in [9.17, 15) is 17.6 Å². The minimum Gasteiger partial charge on any atom is -0.363 e. The smallest absolute Gasteiger partial charge is 0.363 e. The Kier molecular flexibility index (Phi) is 3.92. The first-order valence-electron chi connectivity index (χ1n) is 5.93. The van der Waals surface area contributed by atoms with Crippen molar-refractivity contribution in [2.24, 2.45) is 0 Å². The third-order valence-corrected chi connectivity index (χ3v) is 2.81. The second-order valence-corrected chi connectivity index (χ2v) is 4.30. The summed E-state index contributed by atoms with van der Waals surface area (Å²) in [5.74, 6) is -0.499. The first-order chi connectivity index (χ1) is 9.38. The molecule has 0 spiro atoms. The standard InChI is InChI=1S/C14H12F4N2/c1-9(19-13-8-4-7-12(15)20-13)10-5-2-3-6-11(10)14(16,17)18/h2-9H,1H3,(H,19,20). The van der Waals surface area contributed by atoms with Crippen LogP contribution in [0.5, 0.6) is 0 Å². The molecule has 0 saturated carbocycles. The van der Waals surface area contributed by atoms with E-state index in [1.807, 2.05) is 0 Å². The number of nitrogens with zero attached hydrogens (tertiary/aromatic N) is 1. The van der Waals surface area contributed by atoms with Crippen LogP contribution in [0.15, 0.2) is 42.5 Å². The molecular formula is C14H12F4N2. The second kappa shape index (κ2) is 5.48. The molecule has 0 aliphatic rings. The van der Waals surface area contributed by atoms with E-state index in [1.165, 1.54) is 36.4 Å². The Morgan fingerprint density at radius 3 is 2.40 bits per heavy atom. The molecule has 0 bridgehead atoms. The van der Waals surface area contributed by atoms with E-state index in [2.05, 4.69) is 10.3 Å². The van der Waals surface area contributed by atoms with E-state index in [0.717, 1.165) is 6.07 Å². The number of alkyl halides is 3. The number of anilines is 1. The Morgan fingerprint density at radius 1 is 1.05 bits per heavy atom. The van der Waals surface area contributed by atoms with Gasteiger partial charge in [0.05, 0.1) is 11.6 Å². The van der Waals surface area contributed by atoms with Crippen LogP contribution in [-0.2, 0) is 6.18 Å². The lowest BCUT2D eigenvalue weighted by atomic mass is 10.0. The van der Waals surface area contributed by atoms with E-state index < -0.39 is 23.7 Å². The normalized spacial score (nSPS) is 13.1. The zero-order valence-corrected chi connectivity index (χ0v) is 10.6. The summed E-state index contributed by atoms with van der Waals surface area (Å²) in [6, 6.07) is 8.72. The van der Waals surface area contributed by atoms with Crippen LogP contribution in [0, 0.1) is 5.95 Å². The van der Waals surface area contributed by atoms with Crippen molar-refractivity contribution in [1.29, 1.82) is 0 Å². The summed E-state index contributed by atoms with van der Waals surface area (Å²) >= 11 is 0. The van der Waals surface area contributed by atoms with Crippen LogP contribution < -0.4 is 5.32 Å². The molecule has 0 amide bonds. The van der Waals surface area contributed by atoms with Gasteiger partial charge in [-0.2, -0.15) is 17.6 Å². The molecule has 1 unspecified atom stereocenters. The third-order valence-electron chi connectivity index (χ3n) is 2.81. The van der Waals surface area contributed by atoms with E-state index in [0.29, 0.717) is 0 Å². The molecule has 20 heavy (non-hydrogen) atoms. The summed E-state index contributed by atoms with van der Waals surface area (Å²) < 4.78 is 51.7. The summed E-state index contributed by atoms with van der Waals surface area (Å²) in [5, 5.41) is 2.76. The summed E-state index contributed by atoms with van der Waals surface area (Å²) in [6.45, 7) is 1.57. The van der Waals surface area contributed by atoms with Crippen LogP contribution in [0.1, 0.15) is 24.1 Å². The molecule has 1 aromatic carbocycles. The van der Waals surface area contributed by atoms with Crippen molar-refractivity contribution in [3.05, 3.63) is 59.5 Å². The fourth-order valence-corrected chi connectivity index (χ4v) is 1.92. The lowest BCUT2D eigenvalue weighted by Gasteiger charge is -2.19. The predicted molar refractivity (Wildman–Crippen MR) is 67.7 cm³/mol. The molecule has 0 saturated heterocycles. The molecule has 0 aliphatic carbocycles. The van der Waals surface area contributed by atoms with Crippen molar-refractivity contribution in [2.75, 3.05) is 5.32 Å². The van der Waals surface area contributed by atoms with Crippen LogP contribution >= 0.6 is 0 Å². The quantitative estimate of drug-likeness (QED) is 0.667. The van der Waals surface area contributed by atoms with E-state index in [4.69, 9.17) is 0 Å². The van der Waals surface area contributed by atoms with E-state index >= 15 is 0 Å². The first-order valence-corrected chi connectivity index (χ1v) is 5.93. The van der Waals surface area contributed by atoms with Gasteiger partial charge in [0.1, 0.15) is 5.82 Å². The van der Waals surface area contributed by atoms with Gasteiger partial charge in [0, 0.05) is 0 Å². The highest BCUT2D eigenvalue weighted by molar-refractivity contribution is 5.41. The summed E-state index contributed by atoms with van der Waals surface area (Å²) in [6.07, 6.45) is -4.43. The summed E-state index contributed by atoms with van der Waals surface area (Å²) in [4.78, 5) is 3.57. The molecule has 2 aromatic rings. The lowest BCUT2D eigenvalue weighted by molar-refractivity contribution is -0.138. The van der Waals surface area contributed by atoms with Crippen LogP contribution in [0.4, 0.5) is 23.4 Å². The highest BCUT2D eigenvalue weighted by Gasteiger charge is 2.34. The van der Waals surface area contributed by atoms with Crippen molar-refractivity contribution in [1.82, 2.24) is 4.98 Å². The lowest BCUT2D eigenvalue weighted by Crippen LogP contribution is -2.15. The minimum absolute atomic E-state index is 0.0889. The third kappa shape index (κ3) is 3.26. The molecule has 0 fully saturated rings. The molecule has 0 radical (unpaired) electrons. The Morgan fingerprint density at radius 2 is 1.75 bits per heavy atom. The highest BCUT2D eigenvalue weighted by atomic mass is 19.4. The van der Waals surface area contributed by atoms with Crippen molar-refractivity contribution < 1.29 is 17.6 Å². The number of benzene rings is 1. The fourth-order valence-electron chi connectivity index (χ4n) is 1.92. The van der Waals surface area contributed by atoms with Gasteiger partial charge in [-0.1, -0.05) is 24.3 Å². The maximum absolute atomic E-state index is 13.0. The van der Waals surface area contributed by atoms with Crippen molar-refractivity contribution in [3.8, 4) is 0 Å². The molecule has 0 aliphatic heterocycles. The van der Waals surface area contributed by atoms with Gasteiger partial charge in [-0.25, -0.2) is 4.98 Å². The number of rotatable bonds is 3. The van der Waals surface area contributed by atoms with Crippen LogP contribution in [0.2, 0.25) is 0 Å². The van der Waals surface area contributed by atoms with Crippen LogP contribution in [-0.4, -0.2) is 4.98 Å². The molecular weight excluding hydrogens is 272 g/mol. The van der Waals surface area contributed by atoms with Crippen LogP contribution in [0.25, 0.3) is 0 Å². The Balaban J connectivity index is 2.28. The maximum atomic E-state index is 13.0. The Hall–Kier alpha value is -2.11. The van der Waals surface area contributed by atoms with Gasteiger partial charge in [0.15, 0.2) is 0 Å². The number of hydrogen-bond acceptors (Lipinski definition) is 2. The monoisotopic (exact) mass is 284 g/mol. The van der Waals surface area contributed by atoms with Crippen molar-refractivity contribution >= 4 is 5.82 Å². The average Bonchev–Trinajstić information content (AvgIpc) is 2.37. The molecule has 1 atom stereocenters. The Labute approximate surface area is 113 Å². The van der Waals surface area contributed by atoms with Crippen LogP contribution in [0.3, 0.4) is 0 Å². The van der Waals surface area contributed by atoms with Gasteiger partial charge in [0.2, 0.25) is 5.95 Å². The van der Waals surface area contributed by atoms with Gasteiger partial charge in [-0.05, 0) is 30.7 Å². The molecule has 2 nitrogen and oxygen atoms in total. The molecule has 1 N–H and O–H groups in total. The average molecular weight is 284 g/mol.